The van der Waals surface area contributed by atoms with Gasteiger partial charge in [-0.2, -0.15) is 17.2 Å². The molecule has 0 saturated heterocycles. The van der Waals surface area contributed by atoms with Crippen LogP contribution >= 0.6 is 0 Å². The number of aryl methyl sites for hydroxylation is 2. The van der Waals surface area contributed by atoms with E-state index in [2.05, 4.69) is 31.8 Å². The number of carbonyl (C=O) groups excluding carboxylic acids is 1. The van der Waals surface area contributed by atoms with Crippen molar-refractivity contribution in [2.75, 3.05) is 0 Å². The molecule has 0 spiro atoms. The van der Waals surface area contributed by atoms with Crippen LogP contribution in [-0.4, -0.2) is 16.8 Å². The number of Topliss-reactive ketones (excluding diaryl/α,β-unsaturated/α-hetero) is 1. The van der Waals surface area contributed by atoms with Crippen molar-refractivity contribution < 1.29 is 37.5 Å². The normalized spacial score (nSPS) is 12.3. The third kappa shape index (κ3) is 3.15. The maximum Gasteiger partial charge on any atom is 0.146 e. The van der Waals surface area contributed by atoms with Crippen molar-refractivity contribution in [3.05, 3.63) is 34.5 Å². The number of carbonyl (C=O) groups is 1. The summed E-state index contributed by atoms with van der Waals surface area (Å²) in [5, 5.41) is 1.16. The Labute approximate surface area is 139 Å². The standard InChI is InChI=1S/C15H19N2O.Y/c1-8-5-14-15(10(3)9(8)2)12(7-17-14)6-13(16)11(4)18;/h7,13,17H,6,16H2,1-4H3;/q-1;. The molecule has 0 aliphatic rings. The van der Waals surface area contributed by atoms with Gasteiger partial charge in [-0.05, 0) is 19.5 Å². The molecule has 19 heavy (non-hydrogen) atoms. The van der Waals surface area contributed by atoms with Crippen LogP contribution in [0.1, 0.15) is 29.2 Å². The molecule has 0 bridgehead atoms. The van der Waals surface area contributed by atoms with Crippen LogP contribution in [0.15, 0.2) is 6.20 Å². The molecule has 1 radical (unpaired) electrons. The minimum absolute atomic E-state index is 0. The van der Waals surface area contributed by atoms with E-state index >= 15 is 0 Å². The van der Waals surface area contributed by atoms with Crippen molar-refractivity contribution in [3.8, 4) is 0 Å². The van der Waals surface area contributed by atoms with Crippen LogP contribution in [-0.2, 0) is 43.9 Å². The molecule has 0 aliphatic carbocycles. The molecule has 1 atom stereocenters. The zero-order chi connectivity index (χ0) is 13.4. The van der Waals surface area contributed by atoms with Crippen molar-refractivity contribution in [1.82, 2.24) is 4.98 Å². The summed E-state index contributed by atoms with van der Waals surface area (Å²) in [6.07, 6.45) is 2.52. The van der Waals surface area contributed by atoms with Crippen LogP contribution in [0, 0.1) is 26.8 Å². The fourth-order valence-electron chi connectivity index (χ4n) is 2.28. The first kappa shape index (κ1) is 16.5. The zero-order valence-electron chi connectivity index (χ0n) is 11.9. The summed E-state index contributed by atoms with van der Waals surface area (Å²) >= 11 is 0. The van der Waals surface area contributed by atoms with E-state index in [1.54, 1.807) is 0 Å². The molecule has 1 aromatic carbocycles. The van der Waals surface area contributed by atoms with Gasteiger partial charge in [0.05, 0.1) is 6.04 Å². The first-order valence-electron chi connectivity index (χ1n) is 6.17. The van der Waals surface area contributed by atoms with Crippen molar-refractivity contribution in [2.24, 2.45) is 5.73 Å². The molecule has 0 amide bonds. The number of H-pyrrole nitrogens is 1. The molecule has 3 N–H and O–H groups in total. The van der Waals surface area contributed by atoms with Gasteiger partial charge in [0.15, 0.2) is 0 Å². The van der Waals surface area contributed by atoms with Crippen LogP contribution in [0.3, 0.4) is 0 Å². The number of aromatic amines is 1. The number of aromatic nitrogens is 1. The van der Waals surface area contributed by atoms with Gasteiger partial charge in [0, 0.05) is 32.7 Å². The van der Waals surface area contributed by atoms with E-state index in [0.717, 1.165) is 22.0 Å². The molecular weight excluding hydrogens is 313 g/mol. The maximum atomic E-state index is 11.3. The molecular formula is C15H19N2OY-. The van der Waals surface area contributed by atoms with E-state index in [1.807, 2.05) is 6.20 Å². The van der Waals surface area contributed by atoms with Gasteiger partial charge < -0.3 is 10.7 Å². The third-order valence-corrected chi connectivity index (χ3v) is 3.74. The predicted molar refractivity (Wildman–Crippen MR) is 73.7 cm³/mol. The molecule has 4 heteroatoms. The molecule has 0 saturated carbocycles. The van der Waals surface area contributed by atoms with Gasteiger partial charge in [0.2, 0.25) is 0 Å². The van der Waals surface area contributed by atoms with Crippen LogP contribution in [0.2, 0.25) is 0 Å². The number of ketones is 1. The van der Waals surface area contributed by atoms with E-state index < -0.39 is 6.04 Å². The molecule has 1 heterocycles. The van der Waals surface area contributed by atoms with Gasteiger partial charge in [0.1, 0.15) is 5.78 Å². The molecule has 1 aromatic heterocycles. The first-order chi connectivity index (χ1) is 8.41. The number of nitrogens with two attached hydrogens (primary N) is 1. The summed E-state index contributed by atoms with van der Waals surface area (Å²) in [7, 11) is 0. The van der Waals surface area contributed by atoms with Crippen LogP contribution in [0.5, 0.6) is 0 Å². The van der Waals surface area contributed by atoms with Gasteiger partial charge in [-0.1, -0.05) is 31.9 Å². The van der Waals surface area contributed by atoms with E-state index in [1.165, 1.54) is 18.1 Å². The van der Waals surface area contributed by atoms with E-state index in [-0.39, 0.29) is 38.5 Å². The van der Waals surface area contributed by atoms with Crippen LogP contribution in [0.4, 0.5) is 0 Å². The molecule has 0 aliphatic heterocycles. The van der Waals surface area contributed by atoms with E-state index in [0.29, 0.717) is 6.42 Å². The summed E-state index contributed by atoms with van der Waals surface area (Å²) in [5.41, 5.74) is 11.6. The van der Waals surface area contributed by atoms with Crippen molar-refractivity contribution in [3.63, 3.8) is 0 Å². The number of rotatable bonds is 3. The first-order valence-corrected chi connectivity index (χ1v) is 6.17. The largest absolute Gasteiger partial charge is 0.384 e. The second-order valence-electron chi connectivity index (χ2n) is 4.99. The Bertz CT molecular complexity index is 616. The zero-order valence-corrected chi connectivity index (χ0v) is 14.8. The van der Waals surface area contributed by atoms with E-state index in [4.69, 9.17) is 5.73 Å². The smallest absolute Gasteiger partial charge is 0.146 e. The van der Waals surface area contributed by atoms with Crippen molar-refractivity contribution in [1.29, 1.82) is 0 Å². The van der Waals surface area contributed by atoms with Gasteiger partial charge in [-0.25, -0.2) is 0 Å². The second-order valence-corrected chi connectivity index (χ2v) is 4.99. The summed E-state index contributed by atoms with van der Waals surface area (Å²) in [4.78, 5) is 14.5. The van der Waals surface area contributed by atoms with Crippen molar-refractivity contribution >= 4 is 16.7 Å². The molecule has 2 aromatic rings. The summed E-state index contributed by atoms with van der Waals surface area (Å²) in [6, 6.07) is 2.91. The van der Waals surface area contributed by atoms with Crippen LogP contribution < -0.4 is 5.73 Å². The Balaban J connectivity index is 0.00000180. The summed E-state index contributed by atoms with van der Waals surface area (Å²) in [5.74, 6) is 0.0230. The Hall–Kier alpha value is -0.506. The number of hydrogen-bond donors (Lipinski definition) is 2. The topological polar surface area (TPSA) is 58.9 Å². The Morgan fingerprint density at radius 2 is 2.00 bits per heavy atom. The molecule has 1 unspecified atom stereocenters. The second kappa shape index (κ2) is 6.30. The fourth-order valence-corrected chi connectivity index (χ4v) is 2.28. The summed E-state index contributed by atoms with van der Waals surface area (Å²) in [6.45, 7) is 7.80. The van der Waals surface area contributed by atoms with Gasteiger partial charge >= 0.3 is 0 Å². The van der Waals surface area contributed by atoms with Gasteiger partial charge in [-0.15, -0.1) is 10.9 Å². The molecule has 99 valence electrons. The monoisotopic (exact) mass is 332 g/mol. The van der Waals surface area contributed by atoms with E-state index in [9.17, 15) is 4.79 Å². The Morgan fingerprint density at radius 1 is 1.37 bits per heavy atom. The fraction of sp³-hybridized carbons (Fsp3) is 0.400. The molecule has 3 nitrogen and oxygen atoms in total. The van der Waals surface area contributed by atoms with Crippen LogP contribution in [0.25, 0.3) is 10.9 Å². The number of benzene rings is 1. The Morgan fingerprint density at radius 3 is 2.58 bits per heavy atom. The van der Waals surface area contributed by atoms with Gasteiger partial charge in [0.25, 0.3) is 0 Å². The average Bonchev–Trinajstić information content (AvgIpc) is 2.69. The number of nitrogens with one attached hydrogen (secondary N) is 1. The molecule has 0 fully saturated rings. The SMILES string of the molecule is CC(=O)C(N)Cc1c[nH]c2[c-]c(C)c(C)c(C)c12.[Y]. The molecule has 2 rings (SSSR count). The maximum absolute atomic E-state index is 11.3. The number of fused-ring (bicyclic) bond motifs is 1. The number of hydrogen-bond acceptors (Lipinski definition) is 2. The minimum atomic E-state index is -0.426. The Kier molecular flexibility index (Phi) is 5.48. The van der Waals surface area contributed by atoms with Crippen molar-refractivity contribution in [2.45, 2.75) is 40.2 Å². The summed E-state index contributed by atoms with van der Waals surface area (Å²) < 4.78 is 0. The quantitative estimate of drug-likeness (QED) is 0.848. The van der Waals surface area contributed by atoms with Gasteiger partial charge in [-0.3, -0.25) is 4.79 Å². The minimum Gasteiger partial charge on any atom is -0.384 e. The third-order valence-electron chi connectivity index (χ3n) is 3.74. The predicted octanol–water partition coefficient (Wildman–Crippen LogP) is 2.35. The average molecular weight is 332 g/mol.